The van der Waals surface area contributed by atoms with Gasteiger partial charge in [-0.05, 0) is 24.5 Å². The highest BCUT2D eigenvalue weighted by Crippen LogP contribution is 2.02. The van der Waals surface area contributed by atoms with Crippen LogP contribution >= 0.6 is 11.8 Å². The van der Waals surface area contributed by atoms with E-state index in [0.29, 0.717) is 13.1 Å². The number of hydrogen-bond donors (Lipinski definition) is 2. The summed E-state index contributed by atoms with van der Waals surface area (Å²) in [7, 11) is 0. The summed E-state index contributed by atoms with van der Waals surface area (Å²) >= 11 is 1.93. The molecule has 0 bridgehead atoms. The van der Waals surface area contributed by atoms with Gasteiger partial charge in [-0.1, -0.05) is 6.92 Å². The Balaban J connectivity index is 3.33. The topological polar surface area (TPSA) is 43.7 Å². The first kappa shape index (κ1) is 13.2. The van der Waals surface area contributed by atoms with Gasteiger partial charge in [-0.15, -0.1) is 0 Å². The molecule has 0 radical (unpaired) electrons. The van der Waals surface area contributed by atoms with Crippen LogP contribution in [0.25, 0.3) is 0 Å². The number of rotatable bonds is 9. The quantitative estimate of drug-likeness (QED) is 0.538. The van der Waals surface area contributed by atoms with Gasteiger partial charge in [-0.25, -0.2) is 0 Å². The lowest BCUT2D eigenvalue weighted by Crippen LogP contribution is -2.31. The molecule has 0 aliphatic carbocycles. The van der Waals surface area contributed by atoms with E-state index >= 15 is 0 Å². The summed E-state index contributed by atoms with van der Waals surface area (Å²) in [6, 6.07) is 0. The molecule has 3 nitrogen and oxygen atoms in total. The molecule has 2 N–H and O–H groups in total. The van der Waals surface area contributed by atoms with Crippen LogP contribution in [-0.2, 0) is 0 Å². The highest BCUT2D eigenvalue weighted by atomic mass is 32.2. The van der Waals surface area contributed by atoms with Gasteiger partial charge in [0.25, 0.3) is 0 Å². The zero-order chi connectivity index (χ0) is 9.94. The zero-order valence-electron chi connectivity index (χ0n) is 8.41. The minimum Gasteiger partial charge on any atom is -0.395 e. The van der Waals surface area contributed by atoms with Crippen LogP contribution in [0.3, 0.4) is 0 Å². The molecule has 0 saturated carbocycles. The Bertz CT molecular complexity index is 97.6. The predicted octanol–water partition coefficient (Wildman–Crippen LogP) is 0.416. The first-order valence-electron chi connectivity index (χ1n) is 4.87. The van der Waals surface area contributed by atoms with Gasteiger partial charge in [0, 0.05) is 13.1 Å². The monoisotopic (exact) mass is 207 g/mol. The van der Waals surface area contributed by atoms with Crippen molar-refractivity contribution in [1.82, 2.24) is 4.90 Å². The Morgan fingerprint density at radius 3 is 2.15 bits per heavy atom. The van der Waals surface area contributed by atoms with E-state index in [2.05, 4.69) is 11.8 Å². The van der Waals surface area contributed by atoms with Gasteiger partial charge in [0.05, 0.1) is 13.2 Å². The molecule has 0 heterocycles. The van der Waals surface area contributed by atoms with Gasteiger partial charge in [0.1, 0.15) is 0 Å². The molecule has 80 valence electrons. The van der Waals surface area contributed by atoms with Gasteiger partial charge in [0.2, 0.25) is 0 Å². The zero-order valence-corrected chi connectivity index (χ0v) is 9.22. The Kier molecular flexibility index (Phi) is 10.5. The highest BCUT2D eigenvalue weighted by Gasteiger charge is 2.01. The molecule has 4 heteroatoms. The van der Waals surface area contributed by atoms with E-state index < -0.39 is 0 Å². The minimum absolute atomic E-state index is 0.181. The second kappa shape index (κ2) is 10.3. The molecule has 0 fully saturated rings. The first-order chi connectivity index (χ1) is 6.35. The van der Waals surface area contributed by atoms with Crippen LogP contribution in [-0.4, -0.2) is 59.5 Å². The molecule has 0 rings (SSSR count). The van der Waals surface area contributed by atoms with Gasteiger partial charge in [-0.3, -0.25) is 4.90 Å². The van der Waals surface area contributed by atoms with E-state index in [-0.39, 0.29) is 13.2 Å². The van der Waals surface area contributed by atoms with Crippen molar-refractivity contribution in [3.8, 4) is 0 Å². The van der Waals surface area contributed by atoms with Crippen LogP contribution in [0.1, 0.15) is 13.3 Å². The Labute approximate surface area is 85.1 Å². The van der Waals surface area contributed by atoms with E-state index in [9.17, 15) is 0 Å². The van der Waals surface area contributed by atoms with Gasteiger partial charge in [-0.2, -0.15) is 11.8 Å². The molecule has 0 aliphatic rings. The number of aliphatic hydroxyl groups excluding tert-OH is 2. The van der Waals surface area contributed by atoms with Crippen molar-refractivity contribution in [2.45, 2.75) is 13.3 Å². The largest absolute Gasteiger partial charge is 0.395 e. The van der Waals surface area contributed by atoms with Gasteiger partial charge < -0.3 is 10.2 Å². The van der Waals surface area contributed by atoms with Crippen LogP contribution < -0.4 is 0 Å². The summed E-state index contributed by atoms with van der Waals surface area (Å²) in [4.78, 5) is 2.09. The molecule has 0 saturated heterocycles. The predicted molar refractivity (Wildman–Crippen MR) is 58.2 cm³/mol. The molecule has 0 spiro atoms. The normalized spacial score (nSPS) is 11.1. The van der Waals surface area contributed by atoms with Crippen molar-refractivity contribution in [3.63, 3.8) is 0 Å². The van der Waals surface area contributed by atoms with E-state index in [1.165, 1.54) is 11.5 Å². The fourth-order valence-corrected chi connectivity index (χ4v) is 1.77. The summed E-state index contributed by atoms with van der Waals surface area (Å²) in [5.74, 6) is 2.34. The van der Waals surface area contributed by atoms with E-state index in [1.54, 1.807) is 0 Å². The fraction of sp³-hybridized carbons (Fsp3) is 1.00. The number of aliphatic hydroxyl groups is 2. The van der Waals surface area contributed by atoms with Gasteiger partial charge in [0.15, 0.2) is 0 Å². The van der Waals surface area contributed by atoms with Crippen LogP contribution in [0.4, 0.5) is 0 Å². The minimum atomic E-state index is 0.181. The summed E-state index contributed by atoms with van der Waals surface area (Å²) < 4.78 is 0. The highest BCUT2D eigenvalue weighted by molar-refractivity contribution is 7.99. The van der Waals surface area contributed by atoms with Gasteiger partial charge >= 0.3 is 0 Å². The molecular weight excluding hydrogens is 186 g/mol. The van der Waals surface area contributed by atoms with Crippen LogP contribution in [0, 0.1) is 0 Å². The lowest BCUT2D eigenvalue weighted by atomic mass is 10.4. The molecule has 0 aromatic heterocycles. The summed E-state index contributed by atoms with van der Waals surface area (Å²) in [5.41, 5.74) is 0. The molecule has 0 amide bonds. The molecule has 0 unspecified atom stereocenters. The lowest BCUT2D eigenvalue weighted by molar-refractivity contribution is 0.161. The SMILES string of the molecule is CCSCCCN(CCO)CCO. The standard InChI is InChI=1S/C9H21NO2S/c1-2-13-9-3-4-10(5-7-11)6-8-12/h11-12H,2-9H2,1H3. The Hall–Kier alpha value is 0.230. The second-order valence-corrected chi connectivity index (χ2v) is 4.23. The average molecular weight is 207 g/mol. The number of thioether (sulfide) groups is 1. The third-order valence-electron chi connectivity index (χ3n) is 1.80. The number of hydrogen-bond acceptors (Lipinski definition) is 4. The third-order valence-corrected chi connectivity index (χ3v) is 2.79. The maximum atomic E-state index is 8.74. The van der Waals surface area contributed by atoms with Crippen molar-refractivity contribution in [3.05, 3.63) is 0 Å². The number of nitrogens with zero attached hydrogens (tertiary/aromatic N) is 1. The summed E-state index contributed by atoms with van der Waals surface area (Å²) in [5, 5.41) is 17.5. The van der Waals surface area contributed by atoms with E-state index in [1.807, 2.05) is 11.8 Å². The lowest BCUT2D eigenvalue weighted by Gasteiger charge is -2.19. The fourth-order valence-electron chi connectivity index (χ4n) is 1.15. The molecule has 13 heavy (non-hydrogen) atoms. The van der Waals surface area contributed by atoms with E-state index in [0.717, 1.165) is 13.0 Å². The van der Waals surface area contributed by atoms with Crippen molar-refractivity contribution >= 4 is 11.8 Å². The Morgan fingerprint density at radius 2 is 1.69 bits per heavy atom. The smallest absolute Gasteiger partial charge is 0.0558 e. The van der Waals surface area contributed by atoms with Crippen molar-refractivity contribution in [2.75, 3.05) is 44.4 Å². The summed E-state index contributed by atoms with van der Waals surface area (Å²) in [6.45, 7) is 4.86. The molecule has 0 atom stereocenters. The maximum Gasteiger partial charge on any atom is 0.0558 e. The van der Waals surface area contributed by atoms with Crippen molar-refractivity contribution < 1.29 is 10.2 Å². The average Bonchev–Trinajstić information content (AvgIpc) is 2.13. The summed E-state index contributed by atoms with van der Waals surface area (Å²) in [6.07, 6.45) is 1.14. The maximum absolute atomic E-state index is 8.74. The second-order valence-electron chi connectivity index (χ2n) is 2.84. The molecule has 0 aliphatic heterocycles. The Morgan fingerprint density at radius 1 is 1.08 bits per heavy atom. The van der Waals surface area contributed by atoms with Crippen molar-refractivity contribution in [1.29, 1.82) is 0 Å². The van der Waals surface area contributed by atoms with Crippen LogP contribution in [0.15, 0.2) is 0 Å². The van der Waals surface area contributed by atoms with E-state index in [4.69, 9.17) is 10.2 Å². The first-order valence-corrected chi connectivity index (χ1v) is 6.02. The van der Waals surface area contributed by atoms with Crippen LogP contribution in [0.5, 0.6) is 0 Å². The third kappa shape index (κ3) is 8.56. The van der Waals surface area contributed by atoms with Crippen LogP contribution in [0.2, 0.25) is 0 Å². The van der Waals surface area contributed by atoms with Crippen molar-refractivity contribution in [2.24, 2.45) is 0 Å². The molecule has 0 aromatic rings. The molecular formula is C9H21NO2S. The molecule has 0 aromatic carbocycles.